The molecule has 0 aliphatic carbocycles. The highest BCUT2D eigenvalue weighted by molar-refractivity contribution is 6.04. The fraction of sp³-hybridized carbons (Fsp3) is 0. The predicted molar refractivity (Wildman–Crippen MR) is 78.4 cm³/mol. The van der Waals surface area contributed by atoms with E-state index in [-0.39, 0.29) is 5.56 Å². The molecule has 21 heavy (non-hydrogen) atoms. The van der Waals surface area contributed by atoms with Gasteiger partial charge >= 0.3 is 0 Å². The summed E-state index contributed by atoms with van der Waals surface area (Å²) in [6.07, 6.45) is 3.32. The Kier molecular flexibility index (Phi) is 3.47. The molecule has 104 valence electrons. The predicted octanol–water partition coefficient (Wildman–Crippen LogP) is 3.47. The molecule has 0 aliphatic rings. The second-order valence-corrected chi connectivity index (χ2v) is 4.48. The topological polar surface area (TPSA) is 57.8 Å². The van der Waals surface area contributed by atoms with E-state index < -0.39 is 11.7 Å². The third-order valence-electron chi connectivity index (χ3n) is 3.07. The van der Waals surface area contributed by atoms with Gasteiger partial charge in [0.1, 0.15) is 5.82 Å². The van der Waals surface area contributed by atoms with E-state index in [2.05, 4.69) is 15.3 Å². The molecule has 0 saturated heterocycles. The van der Waals surface area contributed by atoms with Crippen molar-refractivity contribution in [3.63, 3.8) is 0 Å². The zero-order valence-electron chi connectivity index (χ0n) is 11.0. The summed E-state index contributed by atoms with van der Waals surface area (Å²) in [5.41, 5.74) is 2.47. The van der Waals surface area contributed by atoms with Crippen LogP contribution in [0.3, 0.4) is 0 Å². The van der Waals surface area contributed by atoms with Crippen LogP contribution in [-0.4, -0.2) is 15.9 Å². The number of amides is 1. The van der Waals surface area contributed by atoms with Gasteiger partial charge in [-0.2, -0.15) is 0 Å². The largest absolute Gasteiger partial charge is 0.345 e. The first-order valence-corrected chi connectivity index (χ1v) is 6.39. The molecule has 0 aliphatic heterocycles. The van der Waals surface area contributed by atoms with Gasteiger partial charge in [-0.05, 0) is 29.8 Å². The zero-order chi connectivity index (χ0) is 14.7. The SMILES string of the molecule is O=C(Nc1ccc(-c2cnc[nH]2)cc1)c1ccccc1F. The van der Waals surface area contributed by atoms with Gasteiger partial charge in [0.15, 0.2) is 0 Å². The number of anilines is 1. The number of nitrogens with one attached hydrogen (secondary N) is 2. The summed E-state index contributed by atoms with van der Waals surface area (Å²) in [6, 6.07) is 13.1. The standard InChI is InChI=1S/C16H12FN3O/c17-14-4-2-1-3-13(14)16(21)20-12-7-5-11(6-8-12)15-9-18-10-19-15/h1-10H,(H,18,19)(H,20,21). The average molecular weight is 281 g/mol. The van der Waals surface area contributed by atoms with Crippen LogP contribution in [0.5, 0.6) is 0 Å². The maximum atomic E-state index is 13.5. The lowest BCUT2D eigenvalue weighted by atomic mass is 10.1. The molecule has 0 spiro atoms. The molecule has 3 aromatic rings. The molecule has 3 rings (SSSR count). The van der Waals surface area contributed by atoms with Crippen LogP contribution in [0, 0.1) is 5.82 Å². The van der Waals surface area contributed by atoms with Crippen LogP contribution in [0.4, 0.5) is 10.1 Å². The van der Waals surface area contributed by atoms with Crippen molar-refractivity contribution in [3.8, 4) is 11.3 Å². The zero-order valence-corrected chi connectivity index (χ0v) is 11.0. The Labute approximate surface area is 120 Å². The second-order valence-electron chi connectivity index (χ2n) is 4.48. The van der Waals surface area contributed by atoms with Crippen molar-refractivity contribution in [3.05, 3.63) is 72.4 Å². The van der Waals surface area contributed by atoms with E-state index in [9.17, 15) is 9.18 Å². The highest BCUT2D eigenvalue weighted by Crippen LogP contribution is 2.19. The minimum atomic E-state index is -0.538. The molecule has 0 atom stereocenters. The Bertz CT molecular complexity index is 751. The highest BCUT2D eigenvalue weighted by Gasteiger charge is 2.10. The Morgan fingerprint density at radius 3 is 2.52 bits per heavy atom. The van der Waals surface area contributed by atoms with E-state index in [1.54, 1.807) is 36.8 Å². The number of hydrogen-bond acceptors (Lipinski definition) is 2. The first kappa shape index (κ1) is 13.1. The molecule has 5 heteroatoms. The number of rotatable bonds is 3. The Morgan fingerprint density at radius 1 is 1.10 bits per heavy atom. The summed E-state index contributed by atoms with van der Waals surface area (Å²) in [4.78, 5) is 18.9. The third-order valence-corrected chi connectivity index (χ3v) is 3.07. The monoisotopic (exact) mass is 281 g/mol. The summed E-state index contributed by atoms with van der Waals surface area (Å²) >= 11 is 0. The number of carbonyl (C=O) groups is 1. The quantitative estimate of drug-likeness (QED) is 0.772. The third kappa shape index (κ3) is 2.81. The lowest BCUT2D eigenvalue weighted by Crippen LogP contribution is -2.13. The van der Waals surface area contributed by atoms with Crippen molar-refractivity contribution in [1.82, 2.24) is 9.97 Å². The van der Waals surface area contributed by atoms with E-state index in [1.165, 1.54) is 12.1 Å². The van der Waals surface area contributed by atoms with Crippen LogP contribution in [0.15, 0.2) is 61.1 Å². The van der Waals surface area contributed by atoms with E-state index in [1.807, 2.05) is 12.1 Å². The van der Waals surface area contributed by atoms with Crippen LogP contribution in [0.2, 0.25) is 0 Å². The second kappa shape index (κ2) is 5.58. The molecule has 0 radical (unpaired) electrons. The van der Waals surface area contributed by atoms with E-state index in [0.717, 1.165) is 11.3 Å². The molecule has 0 fully saturated rings. The van der Waals surface area contributed by atoms with Gasteiger partial charge in [-0.3, -0.25) is 4.79 Å². The summed E-state index contributed by atoms with van der Waals surface area (Å²) in [6.45, 7) is 0. The van der Waals surface area contributed by atoms with Crippen molar-refractivity contribution in [2.45, 2.75) is 0 Å². The van der Waals surface area contributed by atoms with Crippen molar-refractivity contribution in [2.75, 3.05) is 5.32 Å². The van der Waals surface area contributed by atoms with Crippen LogP contribution in [-0.2, 0) is 0 Å². The number of hydrogen-bond donors (Lipinski definition) is 2. The number of H-pyrrole nitrogens is 1. The van der Waals surface area contributed by atoms with Crippen LogP contribution in [0.1, 0.15) is 10.4 Å². The molecule has 2 N–H and O–H groups in total. The number of nitrogens with zero attached hydrogens (tertiary/aromatic N) is 1. The van der Waals surface area contributed by atoms with Crippen LogP contribution in [0.25, 0.3) is 11.3 Å². The van der Waals surface area contributed by atoms with Gasteiger partial charge in [-0.25, -0.2) is 9.37 Å². The average Bonchev–Trinajstić information content (AvgIpc) is 3.02. The van der Waals surface area contributed by atoms with E-state index in [4.69, 9.17) is 0 Å². The van der Waals surface area contributed by atoms with Crippen molar-refractivity contribution < 1.29 is 9.18 Å². The number of carbonyl (C=O) groups excluding carboxylic acids is 1. The van der Waals surface area contributed by atoms with Crippen molar-refractivity contribution >= 4 is 11.6 Å². The van der Waals surface area contributed by atoms with Crippen molar-refractivity contribution in [2.24, 2.45) is 0 Å². The Morgan fingerprint density at radius 2 is 1.86 bits per heavy atom. The number of imidazole rings is 1. The molecule has 2 aromatic carbocycles. The Hall–Kier alpha value is -2.95. The highest BCUT2D eigenvalue weighted by atomic mass is 19.1. The molecule has 4 nitrogen and oxygen atoms in total. The smallest absolute Gasteiger partial charge is 0.258 e. The minimum Gasteiger partial charge on any atom is -0.345 e. The summed E-state index contributed by atoms with van der Waals surface area (Å²) in [5, 5.41) is 2.67. The lowest BCUT2D eigenvalue weighted by molar-refractivity contribution is 0.102. The normalized spacial score (nSPS) is 10.3. The van der Waals surface area contributed by atoms with E-state index >= 15 is 0 Å². The molecule has 1 aromatic heterocycles. The number of aromatic amines is 1. The number of halogens is 1. The summed E-state index contributed by atoms with van der Waals surface area (Å²) in [5.74, 6) is -1.01. The van der Waals surface area contributed by atoms with Crippen LogP contribution < -0.4 is 5.32 Å². The first-order chi connectivity index (χ1) is 10.2. The number of benzene rings is 2. The molecule has 1 heterocycles. The maximum Gasteiger partial charge on any atom is 0.258 e. The summed E-state index contributed by atoms with van der Waals surface area (Å²) in [7, 11) is 0. The molecule has 0 unspecified atom stereocenters. The Balaban J connectivity index is 1.77. The summed E-state index contributed by atoms with van der Waals surface area (Å²) < 4.78 is 13.5. The fourth-order valence-corrected chi connectivity index (χ4v) is 1.99. The molecular formula is C16H12FN3O. The minimum absolute atomic E-state index is 0.0233. The van der Waals surface area contributed by atoms with Gasteiger partial charge < -0.3 is 10.3 Å². The molecule has 0 saturated carbocycles. The van der Waals surface area contributed by atoms with Gasteiger partial charge in [0.25, 0.3) is 5.91 Å². The number of aromatic nitrogens is 2. The van der Waals surface area contributed by atoms with Gasteiger partial charge in [0.05, 0.1) is 23.8 Å². The molecule has 1 amide bonds. The first-order valence-electron chi connectivity index (χ1n) is 6.39. The maximum absolute atomic E-state index is 13.5. The molecular weight excluding hydrogens is 269 g/mol. The van der Waals surface area contributed by atoms with Crippen molar-refractivity contribution in [1.29, 1.82) is 0 Å². The van der Waals surface area contributed by atoms with E-state index in [0.29, 0.717) is 5.69 Å². The fourth-order valence-electron chi connectivity index (χ4n) is 1.99. The van der Waals surface area contributed by atoms with Gasteiger partial charge in [-0.15, -0.1) is 0 Å². The van der Waals surface area contributed by atoms with Gasteiger partial charge in [0, 0.05) is 5.69 Å². The molecule has 0 bridgehead atoms. The lowest BCUT2D eigenvalue weighted by Gasteiger charge is -2.06. The van der Waals surface area contributed by atoms with Crippen LogP contribution >= 0.6 is 0 Å². The van der Waals surface area contributed by atoms with Gasteiger partial charge in [0.2, 0.25) is 0 Å². The van der Waals surface area contributed by atoms with Gasteiger partial charge in [-0.1, -0.05) is 24.3 Å².